The number of aromatic amines is 1. The highest BCUT2D eigenvalue weighted by molar-refractivity contribution is 7.98. The molecule has 0 aliphatic heterocycles. The lowest BCUT2D eigenvalue weighted by atomic mass is 10.1. The number of halogens is 3. The first kappa shape index (κ1) is 18.5. The molecule has 0 spiro atoms. The molecule has 2 N–H and O–H groups in total. The van der Waals surface area contributed by atoms with Crippen LogP contribution in [0.1, 0.15) is 26.6 Å². The second kappa shape index (κ2) is 6.43. The number of thiophene rings is 1. The molecule has 3 aromatic rings. The molecular weight excluding hydrogens is 393 g/mol. The van der Waals surface area contributed by atoms with Crippen LogP contribution in [-0.2, 0) is 19.0 Å². The Balaban J connectivity index is 1.98. The van der Waals surface area contributed by atoms with E-state index in [4.69, 9.17) is 0 Å². The van der Waals surface area contributed by atoms with Gasteiger partial charge < -0.3 is 14.7 Å². The van der Waals surface area contributed by atoms with Crippen LogP contribution in [0.3, 0.4) is 0 Å². The van der Waals surface area contributed by atoms with E-state index in [0.717, 1.165) is 27.7 Å². The summed E-state index contributed by atoms with van der Waals surface area (Å²) in [5.74, 6) is -2.08. The maximum absolute atomic E-state index is 12.8. The molecule has 0 aliphatic rings. The number of aromatic nitrogens is 4. The van der Waals surface area contributed by atoms with Crippen molar-refractivity contribution in [3.63, 3.8) is 0 Å². The fraction of sp³-hybridized carbons (Fsp3) is 0.286. The summed E-state index contributed by atoms with van der Waals surface area (Å²) in [5, 5.41) is 16.5. The van der Waals surface area contributed by atoms with Crippen LogP contribution in [0.25, 0.3) is 10.2 Å². The van der Waals surface area contributed by atoms with Crippen molar-refractivity contribution in [1.82, 2.24) is 19.7 Å². The maximum atomic E-state index is 12.8. The van der Waals surface area contributed by atoms with Crippen molar-refractivity contribution in [2.75, 3.05) is 0 Å². The van der Waals surface area contributed by atoms with Gasteiger partial charge in [-0.05, 0) is 18.1 Å². The lowest BCUT2D eigenvalue weighted by Gasteiger charge is -2.07. The molecule has 3 rings (SSSR count). The van der Waals surface area contributed by atoms with E-state index in [1.165, 1.54) is 13.1 Å². The number of thioether (sulfide) groups is 1. The zero-order chi connectivity index (χ0) is 19.2. The van der Waals surface area contributed by atoms with Crippen molar-refractivity contribution in [2.45, 2.75) is 24.0 Å². The third-order valence-electron chi connectivity index (χ3n) is 3.65. The highest BCUT2D eigenvalue weighted by atomic mass is 32.2. The van der Waals surface area contributed by atoms with Crippen molar-refractivity contribution in [3.8, 4) is 0 Å². The number of fused-ring (bicyclic) bond motifs is 1. The van der Waals surface area contributed by atoms with Crippen LogP contribution in [0.5, 0.6) is 0 Å². The molecule has 0 aliphatic carbocycles. The van der Waals surface area contributed by atoms with Gasteiger partial charge in [0.2, 0.25) is 11.4 Å². The van der Waals surface area contributed by atoms with Gasteiger partial charge in [-0.25, -0.2) is 4.79 Å². The predicted octanol–water partition coefficient (Wildman–Crippen LogP) is 3.04. The Hall–Kier alpha value is -2.34. The molecule has 3 heterocycles. The summed E-state index contributed by atoms with van der Waals surface area (Å²) in [6.07, 6.45) is -4.61. The van der Waals surface area contributed by atoms with Crippen molar-refractivity contribution in [3.05, 3.63) is 38.2 Å². The quantitative estimate of drug-likeness (QED) is 0.649. The number of rotatable bonds is 4. The summed E-state index contributed by atoms with van der Waals surface area (Å²) >= 11 is 1.93. The number of hydrogen-bond donors (Lipinski definition) is 2. The summed E-state index contributed by atoms with van der Waals surface area (Å²) in [4.78, 5) is 26.2. The largest absolute Gasteiger partial charge is 0.477 e. The Labute approximate surface area is 151 Å². The van der Waals surface area contributed by atoms with E-state index in [2.05, 4.69) is 15.2 Å². The average molecular weight is 404 g/mol. The molecular formula is C14H11F3N4O3S2. The van der Waals surface area contributed by atoms with Crippen LogP contribution in [0.4, 0.5) is 13.2 Å². The average Bonchev–Trinajstić information content (AvgIpc) is 3.05. The van der Waals surface area contributed by atoms with E-state index in [-0.39, 0.29) is 15.8 Å². The van der Waals surface area contributed by atoms with Crippen molar-refractivity contribution in [2.24, 2.45) is 7.05 Å². The predicted molar refractivity (Wildman–Crippen MR) is 89.7 cm³/mol. The summed E-state index contributed by atoms with van der Waals surface area (Å²) in [6.45, 7) is 1.62. The molecule has 7 nitrogen and oxygen atoms in total. The number of nitrogens with zero attached hydrogens (tertiary/aromatic N) is 3. The van der Waals surface area contributed by atoms with Crippen molar-refractivity contribution in [1.29, 1.82) is 0 Å². The molecule has 0 atom stereocenters. The number of alkyl halides is 3. The minimum Gasteiger partial charge on any atom is -0.477 e. The molecule has 0 bridgehead atoms. The van der Waals surface area contributed by atoms with Gasteiger partial charge in [-0.1, -0.05) is 11.8 Å². The fourth-order valence-corrected chi connectivity index (χ4v) is 4.49. The first-order chi connectivity index (χ1) is 12.1. The van der Waals surface area contributed by atoms with Crippen LogP contribution in [0, 0.1) is 6.92 Å². The molecule has 138 valence electrons. The minimum atomic E-state index is -4.61. The fourth-order valence-electron chi connectivity index (χ4n) is 2.51. The third-order valence-corrected chi connectivity index (χ3v) is 5.91. The van der Waals surface area contributed by atoms with Crippen molar-refractivity contribution < 1.29 is 23.1 Å². The molecule has 0 radical (unpaired) electrons. The number of carbonyl (C=O) groups is 1. The SMILES string of the molecule is Cc1c(C(=O)O)sc2[nH]c(=O)cc(CSc3nnc(C(F)(F)F)n3C)c12. The Morgan fingerprint density at radius 2 is 2.12 bits per heavy atom. The summed E-state index contributed by atoms with van der Waals surface area (Å²) in [6, 6.07) is 1.31. The first-order valence-corrected chi connectivity index (χ1v) is 8.87. The van der Waals surface area contributed by atoms with E-state index in [0.29, 0.717) is 21.3 Å². The monoisotopic (exact) mass is 404 g/mol. The smallest absolute Gasteiger partial charge is 0.451 e. The van der Waals surface area contributed by atoms with Crippen LogP contribution >= 0.6 is 23.1 Å². The first-order valence-electron chi connectivity index (χ1n) is 7.07. The van der Waals surface area contributed by atoms with Gasteiger partial charge in [0.1, 0.15) is 9.71 Å². The number of pyridine rings is 1. The third kappa shape index (κ3) is 3.21. The molecule has 12 heteroatoms. The Morgan fingerprint density at radius 3 is 2.69 bits per heavy atom. The molecule has 0 saturated heterocycles. The standard InChI is InChI=1S/C14H11F3N4O3S2/c1-5-8-6(3-7(22)18-10(8)26-9(5)11(23)24)4-25-13-20-19-12(21(13)2)14(15,16)17/h3H,4H2,1-2H3,(H,18,22)(H,23,24). The van der Waals surface area contributed by atoms with Gasteiger partial charge >= 0.3 is 12.1 Å². The second-order valence-electron chi connectivity index (χ2n) is 5.38. The topological polar surface area (TPSA) is 101 Å². The summed E-state index contributed by atoms with van der Waals surface area (Å²) in [7, 11) is 1.21. The summed E-state index contributed by atoms with van der Waals surface area (Å²) in [5.41, 5.74) is 0.602. The number of aryl methyl sites for hydroxylation is 1. The molecule has 0 unspecified atom stereocenters. The number of carboxylic acids is 1. The lowest BCUT2D eigenvalue weighted by Crippen LogP contribution is -2.13. The van der Waals surface area contributed by atoms with Gasteiger partial charge in [-0.2, -0.15) is 13.2 Å². The molecule has 26 heavy (non-hydrogen) atoms. The molecule has 3 aromatic heterocycles. The van der Waals surface area contributed by atoms with Crippen molar-refractivity contribution >= 4 is 39.3 Å². The van der Waals surface area contributed by atoms with Gasteiger partial charge in [0.25, 0.3) is 0 Å². The maximum Gasteiger partial charge on any atom is 0.451 e. The normalized spacial score (nSPS) is 12.0. The van der Waals surface area contributed by atoms with E-state index in [1.54, 1.807) is 6.92 Å². The second-order valence-corrected chi connectivity index (χ2v) is 7.34. The number of H-pyrrole nitrogens is 1. The van der Waals surface area contributed by atoms with E-state index >= 15 is 0 Å². The number of carboxylic acid groups (broad SMARTS) is 1. The van der Waals surface area contributed by atoms with Crippen LogP contribution in [-0.4, -0.2) is 30.8 Å². The number of nitrogens with one attached hydrogen (secondary N) is 1. The van der Waals surface area contributed by atoms with Gasteiger partial charge in [-0.3, -0.25) is 4.79 Å². The van der Waals surface area contributed by atoms with E-state index in [9.17, 15) is 27.9 Å². The van der Waals surface area contributed by atoms with Gasteiger partial charge in [0, 0.05) is 24.3 Å². The minimum absolute atomic E-state index is 0.0390. The van der Waals surface area contributed by atoms with E-state index in [1.807, 2.05) is 0 Å². The van der Waals surface area contributed by atoms with Gasteiger partial charge in [0.05, 0.1) is 0 Å². The highest BCUT2D eigenvalue weighted by Crippen LogP contribution is 2.34. The van der Waals surface area contributed by atoms with Crippen LogP contribution < -0.4 is 5.56 Å². The van der Waals surface area contributed by atoms with Gasteiger partial charge in [-0.15, -0.1) is 21.5 Å². The van der Waals surface area contributed by atoms with Gasteiger partial charge in [0.15, 0.2) is 5.16 Å². The Kier molecular flexibility index (Phi) is 4.56. The van der Waals surface area contributed by atoms with Crippen LogP contribution in [0.2, 0.25) is 0 Å². The lowest BCUT2D eigenvalue weighted by molar-refractivity contribution is -0.147. The van der Waals surface area contributed by atoms with Crippen LogP contribution in [0.15, 0.2) is 16.0 Å². The Bertz CT molecular complexity index is 1070. The van der Waals surface area contributed by atoms with E-state index < -0.39 is 23.5 Å². The molecule has 0 amide bonds. The molecule has 0 saturated carbocycles. The number of aromatic carboxylic acids is 1. The highest BCUT2D eigenvalue weighted by Gasteiger charge is 2.37. The summed E-state index contributed by atoms with van der Waals surface area (Å²) < 4.78 is 39.2. The molecule has 0 fully saturated rings. The zero-order valence-corrected chi connectivity index (χ0v) is 15.0. The number of hydrogen-bond acceptors (Lipinski definition) is 6. The molecule has 0 aromatic carbocycles. The zero-order valence-electron chi connectivity index (χ0n) is 13.3. The Morgan fingerprint density at radius 1 is 1.42 bits per heavy atom.